The summed E-state index contributed by atoms with van der Waals surface area (Å²) in [5.41, 5.74) is 3.01. The summed E-state index contributed by atoms with van der Waals surface area (Å²) in [4.78, 5) is 28.8. The summed E-state index contributed by atoms with van der Waals surface area (Å²) >= 11 is 0. The van der Waals surface area contributed by atoms with Crippen LogP contribution in [0, 0.1) is 0 Å². The highest BCUT2D eigenvalue weighted by Crippen LogP contribution is 2.36. The molecule has 0 spiro atoms. The number of para-hydroxylation sites is 1. The third kappa shape index (κ3) is 9.76. The number of fused-ring (bicyclic) bond motifs is 1. The molecule has 0 amide bonds. The van der Waals surface area contributed by atoms with Gasteiger partial charge in [0.15, 0.2) is 0 Å². The van der Waals surface area contributed by atoms with Crippen molar-refractivity contribution in [2.24, 2.45) is 0 Å². The molecule has 0 radical (unpaired) electrons. The molecule has 3 heterocycles. The van der Waals surface area contributed by atoms with Gasteiger partial charge in [0.2, 0.25) is 0 Å². The van der Waals surface area contributed by atoms with Crippen LogP contribution < -0.4 is 4.84 Å². The van der Waals surface area contributed by atoms with Crippen LogP contribution in [-0.2, 0) is 18.0 Å². The van der Waals surface area contributed by atoms with Gasteiger partial charge >= 0.3 is 6.16 Å². The maximum atomic E-state index is 11.9. The van der Waals surface area contributed by atoms with Crippen LogP contribution in [0.4, 0.5) is 4.79 Å². The maximum absolute atomic E-state index is 11.9. The highest BCUT2D eigenvalue weighted by molar-refractivity contribution is 8.77. The number of pyridine rings is 2. The summed E-state index contributed by atoms with van der Waals surface area (Å²) in [6.45, 7) is 0.197. The van der Waals surface area contributed by atoms with E-state index in [1.54, 1.807) is 67.7 Å². The summed E-state index contributed by atoms with van der Waals surface area (Å²) in [5.74, 6) is 0. The largest absolute Gasteiger partial charge is 0.535 e. The van der Waals surface area contributed by atoms with E-state index in [0.717, 1.165) is 35.8 Å². The lowest BCUT2D eigenvalue weighted by molar-refractivity contribution is 0.0347. The second kappa shape index (κ2) is 16.7. The minimum absolute atomic E-state index is 0.0956. The molecule has 0 saturated heterocycles. The molecule has 3 aromatic heterocycles. The molecule has 3 aromatic carbocycles. The Hall–Kier alpha value is -4.01. The lowest BCUT2D eigenvalue weighted by Gasteiger charge is -2.06. The van der Waals surface area contributed by atoms with Crippen molar-refractivity contribution in [2.75, 3.05) is 0 Å². The van der Waals surface area contributed by atoms with Crippen LogP contribution in [0.25, 0.3) is 11.0 Å². The van der Waals surface area contributed by atoms with Crippen molar-refractivity contribution in [1.82, 2.24) is 25.1 Å². The van der Waals surface area contributed by atoms with E-state index in [-0.39, 0.29) is 13.2 Å². The normalized spacial score (nSPS) is 10.6. The first-order valence-corrected chi connectivity index (χ1v) is 17.4. The Morgan fingerprint density at radius 1 is 0.682 bits per heavy atom. The van der Waals surface area contributed by atoms with E-state index < -0.39 is 6.16 Å². The predicted octanol–water partition coefficient (Wildman–Crippen LogP) is 7.76. The van der Waals surface area contributed by atoms with Gasteiger partial charge in [0.25, 0.3) is 0 Å². The van der Waals surface area contributed by atoms with Gasteiger partial charge in [-0.2, -0.15) is 0 Å². The Kier molecular flexibility index (Phi) is 11.9. The van der Waals surface area contributed by atoms with Crippen LogP contribution >= 0.6 is 43.2 Å². The minimum Gasteiger partial charge on any atom is -0.428 e. The van der Waals surface area contributed by atoms with E-state index in [1.165, 1.54) is 0 Å². The van der Waals surface area contributed by atoms with Gasteiger partial charge in [0, 0.05) is 22.2 Å². The number of nitrogens with zero attached hydrogens (tertiary/aromatic N) is 5. The van der Waals surface area contributed by atoms with Crippen molar-refractivity contribution < 1.29 is 19.5 Å². The zero-order valence-electron chi connectivity index (χ0n) is 23.0. The molecule has 6 aromatic rings. The highest BCUT2D eigenvalue weighted by atomic mass is 33.1. The quantitative estimate of drug-likeness (QED) is 0.0881. The summed E-state index contributed by atoms with van der Waals surface area (Å²) in [5, 5.41) is 18.6. The smallest absolute Gasteiger partial charge is 0.428 e. The molecule has 6 rings (SSSR count). The molecule has 222 valence electrons. The fourth-order valence-electron chi connectivity index (χ4n) is 3.42. The lowest BCUT2D eigenvalue weighted by Crippen LogP contribution is -2.21. The number of ether oxygens (including phenoxy) is 1. The van der Waals surface area contributed by atoms with E-state index >= 15 is 0 Å². The van der Waals surface area contributed by atoms with Gasteiger partial charge in [-0.1, -0.05) is 75.0 Å². The average molecular weight is 660 g/mol. The number of aliphatic hydroxyl groups excluding tert-OH is 1. The van der Waals surface area contributed by atoms with Gasteiger partial charge in [-0.3, -0.25) is 4.84 Å². The Morgan fingerprint density at radius 2 is 1.25 bits per heavy atom. The molecule has 0 bridgehead atoms. The van der Waals surface area contributed by atoms with Gasteiger partial charge in [-0.25, -0.2) is 14.8 Å². The number of rotatable bonds is 10. The van der Waals surface area contributed by atoms with Crippen LogP contribution in [0.2, 0.25) is 0 Å². The molecule has 1 N–H and O–H groups in total. The second-order valence-corrected chi connectivity index (χ2v) is 13.1. The lowest BCUT2D eigenvalue weighted by atomic mass is 10.2. The molecule has 0 aliphatic heterocycles. The average Bonchev–Trinajstić information content (AvgIpc) is 3.50. The number of aliphatic hydroxyl groups is 1. The van der Waals surface area contributed by atoms with E-state index in [9.17, 15) is 4.79 Å². The Balaban J connectivity index is 0.000000204. The third-order valence-corrected chi connectivity index (χ3v) is 10.2. The van der Waals surface area contributed by atoms with Crippen molar-refractivity contribution in [3.8, 4) is 0 Å². The van der Waals surface area contributed by atoms with E-state index in [1.807, 2.05) is 97.1 Å². The molecule has 0 unspecified atom stereocenters. The summed E-state index contributed by atoms with van der Waals surface area (Å²) in [6, 6.07) is 34.5. The first-order valence-electron chi connectivity index (χ1n) is 13.1. The first-order chi connectivity index (χ1) is 21.7. The minimum atomic E-state index is -0.847. The SMILES string of the molecule is O=C(OCc1ccc(SSc2ccccn2)cc1)On1nnc2ccccc21.OCc1ccc(SSc2ccccn2)cc1. The van der Waals surface area contributed by atoms with Gasteiger partial charge in [0.05, 0.1) is 6.61 Å². The molecular weight excluding hydrogens is 635 g/mol. The van der Waals surface area contributed by atoms with Gasteiger partial charge in [-0.05, 0) is 98.6 Å². The molecule has 0 atom stereocenters. The van der Waals surface area contributed by atoms with Crippen LogP contribution in [0.3, 0.4) is 0 Å². The van der Waals surface area contributed by atoms with Crippen molar-refractivity contribution in [3.05, 3.63) is 133 Å². The molecule has 0 saturated carbocycles. The highest BCUT2D eigenvalue weighted by Gasteiger charge is 2.11. The van der Waals surface area contributed by atoms with Crippen molar-refractivity contribution in [1.29, 1.82) is 0 Å². The monoisotopic (exact) mass is 659 g/mol. The van der Waals surface area contributed by atoms with Gasteiger partial charge in [-0.15, -0.1) is 5.10 Å². The fourth-order valence-corrected chi connectivity index (χ4v) is 7.10. The van der Waals surface area contributed by atoms with Crippen molar-refractivity contribution in [3.63, 3.8) is 0 Å². The maximum Gasteiger partial charge on any atom is 0.535 e. The van der Waals surface area contributed by atoms with E-state index in [0.29, 0.717) is 11.0 Å². The second-order valence-electron chi connectivity index (χ2n) is 8.70. The fraction of sp³-hybridized carbons (Fsp3) is 0.0645. The number of carbonyl (C=O) groups is 1. The topological polar surface area (TPSA) is 112 Å². The van der Waals surface area contributed by atoms with Crippen molar-refractivity contribution in [2.45, 2.75) is 33.1 Å². The van der Waals surface area contributed by atoms with Crippen LogP contribution in [0.15, 0.2) is 141 Å². The summed E-state index contributed by atoms with van der Waals surface area (Å²) in [7, 11) is 6.49. The molecule has 44 heavy (non-hydrogen) atoms. The molecule has 0 aliphatic rings. The Labute approximate surface area is 269 Å². The molecule has 0 aliphatic carbocycles. The number of carbonyl (C=O) groups excluding carboxylic acids is 1. The predicted molar refractivity (Wildman–Crippen MR) is 175 cm³/mol. The van der Waals surface area contributed by atoms with Crippen LogP contribution in [-0.4, -0.2) is 36.4 Å². The van der Waals surface area contributed by atoms with Gasteiger partial charge in [0.1, 0.15) is 27.7 Å². The van der Waals surface area contributed by atoms with Crippen molar-refractivity contribution >= 4 is 60.4 Å². The third-order valence-electron chi connectivity index (χ3n) is 5.59. The molecular formula is C31H25N5O4S4. The standard InChI is InChI=1S/C19H14N4O3S2.C12H11NOS2/c24-19(26-23-17-6-2-1-5-16(17)21-22-23)25-13-14-8-10-15(11-9-14)27-28-18-7-3-4-12-20-18;14-9-10-4-6-11(7-5-10)15-16-12-3-1-2-8-13-12/h1-12H,13H2;1-8,14H,9H2. The van der Waals surface area contributed by atoms with E-state index in [4.69, 9.17) is 14.7 Å². The van der Waals surface area contributed by atoms with Gasteiger partial charge < -0.3 is 9.84 Å². The number of benzene rings is 3. The first kappa shape index (κ1) is 31.4. The Bertz CT molecular complexity index is 1740. The number of aromatic nitrogens is 5. The molecule has 9 nitrogen and oxygen atoms in total. The number of hydrogen-bond acceptors (Lipinski definition) is 12. The van der Waals surface area contributed by atoms with E-state index in [2.05, 4.69) is 20.3 Å². The number of hydrogen-bond donors (Lipinski definition) is 1. The zero-order chi connectivity index (χ0) is 30.4. The zero-order valence-corrected chi connectivity index (χ0v) is 26.3. The Morgan fingerprint density at radius 3 is 1.82 bits per heavy atom. The molecule has 13 heteroatoms. The summed E-state index contributed by atoms with van der Waals surface area (Å²) in [6.07, 6.45) is 2.71. The summed E-state index contributed by atoms with van der Waals surface area (Å²) < 4.78 is 5.15. The van der Waals surface area contributed by atoms with Crippen LogP contribution in [0.5, 0.6) is 0 Å². The molecule has 0 fully saturated rings. The van der Waals surface area contributed by atoms with Crippen LogP contribution in [0.1, 0.15) is 11.1 Å².